The fourth-order valence-electron chi connectivity index (χ4n) is 2.23. The summed E-state index contributed by atoms with van der Waals surface area (Å²) in [6.07, 6.45) is 5.32. The highest BCUT2D eigenvalue weighted by Gasteiger charge is 2.05. The van der Waals surface area contributed by atoms with Crippen LogP contribution in [0.5, 0.6) is 5.75 Å². The van der Waals surface area contributed by atoms with Crippen LogP contribution in [0.15, 0.2) is 55.1 Å². The molecule has 3 heteroatoms. The summed E-state index contributed by atoms with van der Waals surface area (Å²) in [5.74, 6) is 3.44. The average molecular weight is 326 g/mol. The van der Waals surface area contributed by atoms with Gasteiger partial charge in [0.25, 0.3) is 0 Å². The highest BCUT2D eigenvalue weighted by atomic mass is 35.5. The zero-order valence-electron chi connectivity index (χ0n) is 13.3. The molecule has 2 rings (SSSR count). The number of terminal acetylenes is 1. The van der Waals surface area contributed by atoms with Crippen LogP contribution in [0.3, 0.4) is 0 Å². The van der Waals surface area contributed by atoms with Crippen molar-refractivity contribution in [3.63, 3.8) is 0 Å². The molecule has 0 aliphatic rings. The Bertz CT molecular complexity index is 718. The second-order valence-electron chi connectivity index (χ2n) is 5.43. The van der Waals surface area contributed by atoms with Gasteiger partial charge in [-0.2, -0.15) is 0 Å². The van der Waals surface area contributed by atoms with E-state index in [2.05, 4.69) is 12.5 Å². The molecule has 23 heavy (non-hydrogen) atoms. The maximum Gasteiger partial charge on any atom is 0.120 e. The Labute approximate surface area is 143 Å². The first-order chi connectivity index (χ1) is 11.1. The topological polar surface area (TPSA) is 12.5 Å². The summed E-state index contributed by atoms with van der Waals surface area (Å²) in [6, 6.07) is 15.6. The van der Waals surface area contributed by atoms with Gasteiger partial charge in [-0.1, -0.05) is 48.4 Å². The average Bonchev–Trinajstić information content (AvgIpc) is 2.53. The molecular weight excluding hydrogens is 306 g/mol. The van der Waals surface area contributed by atoms with Crippen LogP contribution in [0, 0.1) is 12.3 Å². The first-order valence-electron chi connectivity index (χ1n) is 7.36. The smallest absolute Gasteiger partial charge is 0.120 e. The maximum atomic E-state index is 5.98. The molecule has 0 bridgehead atoms. The van der Waals surface area contributed by atoms with Crippen LogP contribution in [0.4, 0.5) is 0 Å². The lowest BCUT2D eigenvalue weighted by molar-refractivity contribution is 0.306. The quantitative estimate of drug-likeness (QED) is 0.695. The summed E-state index contributed by atoms with van der Waals surface area (Å²) >= 11 is 5.98. The molecule has 2 aromatic rings. The van der Waals surface area contributed by atoms with Crippen LogP contribution in [-0.4, -0.2) is 25.0 Å². The van der Waals surface area contributed by atoms with E-state index in [-0.39, 0.29) is 0 Å². The van der Waals surface area contributed by atoms with Gasteiger partial charge in [-0.05, 0) is 48.0 Å². The number of rotatable bonds is 7. The van der Waals surface area contributed by atoms with Crippen LogP contribution in [0.2, 0.25) is 5.02 Å². The number of nitrogens with zero attached hydrogens (tertiary/aromatic N) is 1. The first kappa shape index (κ1) is 17.1. The lowest BCUT2D eigenvalue weighted by Gasteiger charge is -2.16. The van der Waals surface area contributed by atoms with Gasteiger partial charge in [0.05, 0.1) is 6.54 Å². The number of halogens is 1. The molecule has 118 valence electrons. The van der Waals surface area contributed by atoms with E-state index in [1.165, 1.54) is 0 Å². The Hall–Kier alpha value is -2.21. The Kier molecular flexibility index (Phi) is 6.29. The van der Waals surface area contributed by atoms with Gasteiger partial charge in [0, 0.05) is 11.6 Å². The van der Waals surface area contributed by atoms with Crippen LogP contribution in [0.25, 0.3) is 5.57 Å². The van der Waals surface area contributed by atoms with E-state index in [0.717, 1.165) is 29.0 Å². The standard InChI is InChI=1S/C20H20ClNO/c1-4-11-22(3)14-16(2)18-8-6-10-20(13-18)23-15-17-7-5-9-19(21)12-17/h1,5-10,12-13H,2,11,14-15H2,3H3. The molecule has 2 aromatic carbocycles. The van der Waals surface area contributed by atoms with Crippen molar-refractivity contribution in [3.8, 4) is 18.1 Å². The van der Waals surface area contributed by atoms with Crippen molar-refractivity contribution in [2.45, 2.75) is 6.61 Å². The SMILES string of the molecule is C#CCN(C)CC(=C)c1cccc(OCc2cccc(Cl)c2)c1. The molecule has 0 unspecified atom stereocenters. The van der Waals surface area contributed by atoms with Crippen molar-refractivity contribution in [2.75, 3.05) is 20.1 Å². The summed E-state index contributed by atoms with van der Waals surface area (Å²) in [7, 11) is 1.98. The molecule has 0 aromatic heterocycles. The molecular formula is C20H20ClNO. The lowest BCUT2D eigenvalue weighted by atomic mass is 10.1. The second kappa shape index (κ2) is 8.43. The largest absolute Gasteiger partial charge is 0.489 e. The first-order valence-corrected chi connectivity index (χ1v) is 7.74. The zero-order valence-corrected chi connectivity index (χ0v) is 14.0. The third kappa shape index (κ3) is 5.49. The fourth-order valence-corrected chi connectivity index (χ4v) is 2.44. The van der Waals surface area contributed by atoms with E-state index < -0.39 is 0 Å². The molecule has 0 aliphatic heterocycles. The van der Waals surface area contributed by atoms with E-state index in [1.807, 2.05) is 60.5 Å². The normalized spacial score (nSPS) is 10.3. The molecule has 0 atom stereocenters. The van der Waals surface area contributed by atoms with E-state index in [4.69, 9.17) is 22.8 Å². The monoisotopic (exact) mass is 325 g/mol. The molecule has 2 nitrogen and oxygen atoms in total. The molecule has 0 saturated heterocycles. The van der Waals surface area contributed by atoms with Gasteiger partial charge in [0.1, 0.15) is 12.4 Å². The summed E-state index contributed by atoms with van der Waals surface area (Å²) in [5, 5.41) is 0.713. The second-order valence-corrected chi connectivity index (χ2v) is 5.86. The zero-order chi connectivity index (χ0) is 16.7. The molecule has 0 aliphatic carbocycles. The van der Waals surface area contributed by atoms with E-state index in [1.54, 1.807) is 0 Å². The molecule has 0 N–H and O–H groups in total. The lowest BCUT2D eigenvalue weighted by Crippen LogP contribution is -2.20. The van der Waals surface area contributed by atoms with Gasteiger partial charge in [0.15, 0.2) is 0 Å². The van der Waals surface area contributed by atoms with Crippen LogP contribution in [-0.2, 0) is 6.61 Å². The third-order valence-electron chi connectivity index (χ3n) is 3.36. The molecule has 0 spiro atoms. The van der Waals surface area contributed by atoms with Gasteiger partial charge in [-0.25, -0.2) is 0 Å². The predicted molar refractivity (Wildman–Crippen MR) is 97.6 cm³/mol. The summed E-state index contributed by atoms with van der Waals surface area (Å²) in [5.41, 5.74) is 3.10. The maximum absolute atomic E-state index is 5.98. The van der Waals surface area contributed by atoms with Crippen LogP contribution < -0.4 is 4.74 Å². The van der Waals surface area contributed by atoms with E-state index >= 15 is 0 Å². The van der Waals surface area contributed by atoms with Crippen molar-refractivity contribution in [2.24, 2.45) is 0 Å². The third-order valence-corrected chi connectivity index (χ3v) is 3.59. The van der Waals surface area contributed by atoms with Gasteiger partial charge in [-0.3, -0.25) is 4.90 Å². The Morgan fingerprint density at radius 3 is 2.78 bits per heavy atom. The minimum absolute atomic E-state index is 0.480. The number of likely N-dealkylation sites (N-methyl/N-ethyl adjacent to an activating group) is 1. The molecule has 0 fully saturated rings. The molecule has 0 heterocycles. The van der Waals surface area contributed by atoms with Crippen molar-refractivity contribution < 1.29 is 4.74 Å². The highest BCUT2D eigenvalue weighted by Crippen LogP contribution is 2.21. The van der Waals surface area contributed by atoms with Crippen LogP contribution >= 0.6 is 11.6 Å². The van der Waals surface area contributed by atoms with Crippen molar-refractivity contribution in [3.05, 3.63) is 71.3 Å². The number of hydrogen-bond acceptors (Lipinski definition) is 2. The molecule has 0 saturated carbocycles. The highest BCUT2D eigenvalue weighted by molar-refractivity contribution is 6.30. The van der Waals surface area contributed by atoms with Crippen molar-refractivity contribution >= 4 is 17.2 Å². The van der Waals surface area contributed by atoms with Gasteiger partial charge < -0.3 is 4.74 Å². The number of benzene rings is 2. The Balaban J connectivity index is 1.99. The number of hydrogen-bond donors (Lipinski definition) is 0. The van der Waals surface area contributed by atoms with Gasteiger partial charge in [0.2, 0.25) is 0 Å². The van der Waals surface area contributed by atoms with Crippen molar-refractivity contribution in [1.29, 1.82) is 0 Å². The van der Waals surface area contributed by atoms with Crippen molar-refractivity contribution in [1.82, 2.24) is 4.90 Å². The Morgan fingerprint density at radius 1 is 1.26 bits per heavy atom. The van der Waals surface area contributed by atoms with E-state index in [0.29, 0.717) is 18.2 Å². The summed E-state index contributed by atoms with van der Waals surface area (Å²) in [4.78, 5) is 2.04. The minimum atomic E-state index is 0.480. The number of ether oxygens (including phenoxy) is 1. The molecule has 0 radical (unpaired) electrons. The van der Waals surface area contributed by atoms with Gasteiger partial charge >= 0.3 is 0 Å². The fraction of sp³-hybridized carbons (Fsp3) is 0.200. The molecule has 0 amide bonds. The minimum Gasteiger partial charge on any atom is -0.489 e. The van der Waals surface area contributed by atoms with Crippen LogP contribution in [0.1, 0.15) is 11.1 Å². The summed E-state index contributed by atoms with van der Waals surface area (Å²) < 4.78 is 5.84. The summed E-state index contributed by atoms with van der Waals surface area (Å²) in [6.45, 7) is 5.94. The Morgan fingerprint density at radius 2 is 2.04 bits per heavy atom. The predicted octanol–water partition coefficient (Wildman–Crippen LogP) is 4.50. The van der Waals surface area contributed by atoms with E-state index in [9.17, 15) is 0 Å². The van der Waals surface area contributed by atoms with Gasteiger partial charge in [-0.15, -0.1) is 6.42 Å².